The molecule has 2 aliphatic heterocycles. The lowest BCUT2D eigenvalue weighted by atomic mass is 10.0. The van der Waals surface area contributed by atoms with Crippen molar-refractivity contribution in [1.29, 1.82) is 0 Å². The topological polar surface area (TPSA) is 97.3 Å². The maximum Gasteiger partial charge on any atom is 0.223 e. The molecule has 0 saturated carbocycles. The van der Waals surface area contributed by atoms with Crippen LogP contribution in [0.3, 0.4) is 0 Å². The molecule has 9 heteroatoms. The van der Waals surface area contributed by atoms with E-state index in [1.165, 1.54) is 0 Å². The summed E-state index contributed by atoms with van der Waals surface area (Å²) in [5, 5.41) is 16.7. The Hall–Kier alpha value is -2.86. The van der Waals surface area contributed by atoms with Gasteiger partial charge in [0, 0.05) is 58.2 Å². The number of aromatic nitrogens is 4. The van der Waals surface area contributed by atoms with E-state index in [1.807, 2.05) is 15.5 Å². The molecule has 2 atom stereocenters. The van der Waals surface area contributed by atoms with Crippen molar-refractivity contribution in [2.75, 3.05) is 13.7 Å². The zero-order valence-corrected chi connectivity index (χ0v) is 15.2. The molecular formula is C18H21N7O2. The van der Waals surface area contributed by atoms with Crippen LogP contribution in [0, 0.1) is 12.3 Å². The highest BCUT2D eigenvalue weighted by atomic mass is 16.5. The lowest BCUT2D eigenvalue weighted by Gasteiger charge is -2.23. The standard InChI is InChI=1S/C18H21N7O2/c1-3-4-6-18(22-23-18)7-5-16(26)25-12-13(27-2)10-14(25)17-21-20-15-11-19-8-9-24(15)17/h1,8-9,11,13-14H,4-7,10,12H2,2H3/t13-,14+/m1/s1. The van der Waals surface area contributed by atoms with E-state index < -0.39 is 5.66 Å². The fraction of sp³-hybridized carbons (Fsp3) is 0.556. The fourth-order valence-corrected chi connectivity index (χ4v) is 3.61. The minimum absolute atomic E-state index is 0.0289. The lowest BCUT2D eigenvalue weighted by molar-refractivity contribution is -0.133. The molecule has 0 aliphatic carbocycles. The van der Waals surface area contributed by atoms with Crippen molar-refractivity contribution in [3.8, 4) is 12.3 Å². The van der Waals surface area contributed by atoms with Crippen LogP contribution in [0.4, 0.5) is 0 Å². The average molecular weight is 367 g/mol. The van der Waals surface area contributed by atoms with Gasteiger partial charge in [-0.15, -0.1) is 22.5 Å². The molecule has 0 bridgehead atoms. The summed E-state index contributed by atoms with van der Waals surface area (Å²) in [5.41, 5.74) is 0.204. The van der Waals surface area contributed by atoms with E-state index >= 15 is 0 Å². The van der Waals surface area contributed by atoms with Gasteiger partial charge in [0.1, 0.15) is 0 Å². The lowest BCUT2D eigenvalue weighted by Crippen LogP contribution is -2.33. The third kappa shape index (κ3) is 3.40. The molecule has 1 amide bonds. The van der Waals surface area contributed by atoms with E-state index in [-0.39, 0.29) is 18.1 Å². The van der Waals surface area contributed by atoms with Crippen molar-refractivity contribution in [1.82, 2.24) is 24.5 Å². The molecule has 4 rings (SSSR count). The highest BCUT2D eigenvalue weighted by molar-refractivity contribution is 5.77. The maximum atomic E-state index is 13.0. The summed E-state index contributed by atoms with van der Waals surface area (Å²) in [4.78, 5) is 18.9. The van der Waals surface area contributed by atoms with Gasteiger partial charge in [0.25, 0.3) is 0 Å². The van der Waals surface area contributed by atoms with Crippen LogP contribution in [-0.2, 0) is 9.53 Å². The van der Waals surface area contributed by atoms with Gasteiger partial charge in [0.15, 0.2) is 17.1 Å². The first-order chi connectivity index (χ1) is 13.2. The predicted molar refractivity (Wildman–Crippen MR) is 95.5 cm³/mol. The molecular weight excluding hydrogens is 346 g/mol. The summed E-state index contributed by atoms with van der Waals surface area (Å²) < 4.78 is 7.39. The van der Waals surface area contributed by atoms with Crippen molar-refractivity contribution in [2.24, 2.45) is 10.2 Å². The average Bonchev–Trinajstić information content (AvgIpc) is 3.14. The Labute approximate surface area is 156 Å². The second-order valence-corrected chi connectivity index (χ2v) is 6.90. The van der Waals surface area contributed by atoms with E-state index in [9.17, 15) is 4.79 Å². The van der Waals surface area contributed by atoms with E-state index in [4.69, 9.17) is 11.2 Å². The zero-order chi connectivity index (χ0) is 18.9. The summed E-state index contributed by atoms with van der Waals surface area (Å²) in [6, 6.07) is -0.186. The van der Waals surface area contributed by atoms with Crippen LogP contribution in [0.2, 0.25) is 0 Å². The van der Waals surface area contributed by atoms with Crippen LogP contribution >= 0.6 is 0 Å². The van der Waals surface area contributed by atoms with Crippen LogP contribution in [-0.4, -0.2) is 55.8 Å². The van der Waals surface area contributed by atoms with Crippen LogP contribution in [0.25, 0.3) is 5.65 Å². The highest BCUT2D eigenvalue weighted by Gasteiger charge is 2.42. The Bertz CT molecular complexity index is 910. The largest absolute Gasteiger partial charge is 0.380 e. The highest BCUT2D eigenvalue weighted by Crippen LogP contribution is 2.39. The molecule has 27 heavy (non-hydrogen) atoms. The number of likely N-dealkylation sites (tertiary alicyclic amines) is 1. The Morgan fingerprint density at radius 2 is 2.26 bits per heavy atom. The van der Waals surface area contributed by atoms with E-state index in [2.05, 4.69) is 31.3 Å². The Balaban J connectivity index is 1.49. The van der Waals surface area contributed by atoms with Gasteiger partial charge < -0.3 is 9.64 Å². The van der Waals surface area contributed by atoms with Gasteiger partial charge >= 0.3 is 0 Å². The van der Waals surface area contributed by atoms with Gasteiger partial charge in [-0.3, -0.25) is 14.2 Å². The number of terminal acetylenes is 1. The Morgan fingerprint density at radius 3 is 3.00 bits per heavy atom. The number of hydrogen-bond donors (Lipinski definition) is 0. The summed E-state index contributed by atoms with van der Waals surface area (Å²) in [6.07, 6.45) is 13.4. The van der Waals surface area contributed by atoms with Gasteiger partial charge in [-0.05, 0) is 0 Å². The van der Waals surface area contributed by atoms with Gasteiger partial charge in [0.05, 0.1) is 18.3 Å². The first kappa shape index (κ1) is 17.5. The van der Waals surface area contributed by atoms with Gasteiger partial charge in [0.2, 0.25) is 5.91 Å². The molecule has 2 aliphatic rings. The summed E-state index contributed by atoms with van der Waals surface area (Å²) in [7, 11) is 1.66. The number of hydrogen-bond acceptors (Lipinski definition) is 7. The number of carbonyl (C=O) groups is 1. The number of rotatable bonds is 7. The number of amides is 1. The van der Waals surface area contributed by atoms with E-state index in [0.29, 0.717) is 44.3 Å². The molecule has 0 spiro atoms. The van der Waals surface area contributed by atoms with Crippen molar-refractivity contribution in [3.63, 3.8) is 0 Å². The predicted octanol–water partition coefficient (Wildman–Crippen LogP) is 1.77. The number of fused-ring (bicyclic) bond motifs is 1. The Kier molecular flexibility index (Phi) is 4.58. The number of carbonyl (C=O) groups excluding carboxylic acids is 1. The Morgan fingerprint density at radius 1 is 1.41 bits per heavy atom. The number of methoxy groups -OCH3 is 1. The molecule has 0 N–H and O–H groups in total. The molecule has 4 heterocycles. The third-order valence-electron chi connectivity index (χ3n) is 5.25. The van der Waals surface area contributed by atoms with Gasteiger partial charge in [-0.1, -0.05) is 0 Å². The van der Waals surface area contributed by atoms with Crippen LogP contribution in [0.5, 0.6) is 0 Å². The van der Waals surface area contributed by atoms with Gasteiger partial charge in [-0.25, -0.2) is 0 Å². The molecule has 0 aromatic carbocycles. The molecule has 2 aromatic rings. The van der Waals surface area contributed by atoms with Gasteiger partial charge in [-0.2, -0.15) is 10.2 Å². The van der Waals surface area contributed by atoms with E-state index in [0.717, 1.165) is 5.82 Å². The number of nitrogens with zero attached hydrogens (tertiary/aromatic N) is 7. The minimum atomic E-state index is -0.453. The third-order valence-corrected chi connectivity index (χ3v) is 5.25. The summed E-state index contributed by atoms with van der Waals surface area (Å²) in [5.74, 6) is 3.38. The monoisotopic (exact) mass is 367 g/mol. The molecule has 1 saturated heterocycles. The van der Waals surface area contributed by atoms with Crippen LogP contribution in [0.15, 0.2) is 28.8 Å². The van der Waals surface area contributed by atoms with Crippen LogP contribution < -0.4 is 0 Å². The summed E-state index contributed by atoms with van der Waals surface area (Å²) in [6.45, 7) is 0.533. The molecule has 1 fully saturated rings. The molecule has 140 valence electrons. The van der Waals surface area contributed by atoms with Crippen LogP contribution in [0.1, 0.15) is 44.0 Å². The molecule has 0 unspecified atom stereocenters. The number of ether oxygens (including phenoxy) is 1. The van der Waals surface area contributed by atoms with Crippen molar-refractivity contribution < 1.29 is 9.53 Å². The second kappa shape index (κ2) is 7.04. The normalized spacial score (nSPS) is 22.9. The first-order valence-electron chi connectivity index (χ1n) is 9.00. The summed E-state index contributed by atoms with van der Waals surface area (Å²) >= 11 is 0. The van der Waals surface area contributed by atoms with Crippen molar-refractivity contribution in [2.45, 2.75) is 49.9 Å². The SMILES string of the molecule is C#CCCC1(CCC(=O)N2C[C@H](OC)C[C@H]2c2nnc3cnccn23)N=N1. The van der Waals surface area contributed by atoms with E-state index in [1.54, 1.807) is 19.5 Å². The minimum Gasteiger partial charge on any atom is -0.380 e. The first-order valence-corrected chi connectivity index (χ1v) is 9.00. The molecule has 0 radical (unpaired) electrons. The quantitative estimate of drug-likeness (QED) is 0.695. The van der Waals surface area contributed by atoms with Crippen molar-refractivity contribution in [3.05, 3.63) is 24.4 Å². The fourth-order valence-electron chi connectivity index (χ4n) is 3.61. The smallest absolute Gasteiger partial charge is 0.223 e. The second-order valence-electron chi connectivity index (χ2n) is 6.90. The van der Waals surface area contributed by atoms with Crippen molar-refractivity contribution >= 4 is 11.6 Å². The molecule has 9 nitrogen and oxygen atoms in total. The maximum absolute atomic E-state index is 13.0. The molecule has 2 aromatic heterocycles. The zero-order valence-electron chi connectivity index (χ0n) is 15.2.